The van der Waals surface area contributed by atoms with Gasteiger partial charge in [-0.3, -0.25) is 4.98 Å². The van der Waals surface area contributed by atoms with Gasteiger partial charge in [-0.25, -0.2) is 0 Å². The minimum atomic E-state index is 0.585. The van der Waals surface area contributed by atoms with E-state index in [1.807, 2.05) is 12.3 Å². The topological polar surface area (TPSA) is 37.0 Å². The van der Waals surface area contributed by atoms with Crippen molar-refractivity contribution in [1.82, 2.24) is 10.3 Å². The van der Waals surface area contributed by atoms with Crippen LogP contribution in [0.3, 0.4) is 0 Å². The minimum absolute atomic E-state index is 0.585. The summed E-state index contributed by atoms with van der Waals surface area (Å²) in [5.74, 6) is 0. The van der Waals surface area contributed by atoms with E-state index in [9.17, 15) is 0 Å². The molecule has 0 aromatic carbocycles. The first-order valence-electron chi connectivity index (χ1n) is 5.30. The average Bonchev–Trinajstić information content (AvgIpc) is 2.71. The fourth-order valence-corrected chi connectivity index (χ4v) is 1.77. The summed E-state index contributed by atoms with van der Waals surface area (Å²) in [6.07, 6.45) is 4.09. The van der Waals surface area contributed by atoms with Gasteiger partial charge < -0.3 is 10.6 Å². The van der Waals surface area contributed by atoms with Crippen molar-refractivity contribution in [3.05, 3.63) is 24.0 Å². The third-order valence-electron chi connectivity index (χ3n) is 2.61. The number of hydrogen-bond acceptors (Lipinski definition) is 3. The van der Waals surface area contributed by atoms with Crippen LogP contribution in [0.4, 0.5) is 5.69 Å². The smallest absolute Gasteiger partial charge is 0.0421 e. The summed E-state index contributed by atoms with van der Waals surface area (Å²) in [5, 5.41) is 6.86. The predicted octanol–water partition coefficient (Wildman–Crippen LogP) is 1.42. The molecule has 1 aromatic rings. The largest absolute Gasteiger partial charge is 0.381 e. The molecule has 76 valence electrons. The van der Waals surface area contributed by atoms with Crippen LogP contribution >= 0.6 is 0 Å². The first-order valence-corrected chi connectivity index (χ1v) is 5.30. The Morgan fingerprint density at radius 3 is 3.29 bits per heavy atom. The molecule has 1 saturated heterocycles. The van der Waals surface area contributed by atoms with Gasteiger partial charge in [-0.15, -0.1) is 0 Å². The number of pyridine rings is 1. The van der Waals surface area contributed by atoms with Gasteiger partial charge in [0.15, 0.2) is 0 Å². The van der Waals surface area contributed by atoms with Crippen molar-refractivity contribution in [1.29, 1.82) is 0 Å². The maximum absolute atomic E-state index is 4.28. The first kappa shape index (κ1) is 9.46. The summed E-state index contributed by atoms with van der Waals surface area (Å²) in [6.45, 7) is 4.33. The number of aromatic nitrogens is 1. The second-order valence-electron chi connectivity index (χ2n) is 3.72. The van der Waals surface area contributed by atoms with Gasteiger partial charge in [0, 0.05) is 30.2 Å². The van der Waals surface area contributed by atoms with Crippen molar-refractivity contribution in [2.75, 3.05) is 18.4 Å². The summed E-state index contributed by atoms with van der Waals surface area (Å²) in [5.41, 5.74) is 2.35. The second-order valence-corrected chi connectivity index (χ2v) is 3.72. The van der Waals surface area contributed by atoms with Crippen LogP contribution in [0.1, 0.15) is 19.0 Å². The van der Waals surface area contributed by atoms with Gasteiger partial charge in [0.25, 0.3) is 0 Å². The Labute approximate surface area is 84.9 Å². The summed E-state index contributed by atoms with van der Waals surface area (Å²) >= 11 is 0. The van der Waals surface area contributed by atoms with Crippen molar-refractivity contribution >= 4 is 5.69 Å². The maximum atomic E-state index is 4.28. The van der Waals surface area contributed by atoms with Crippen LogP contribution in [-0.2, 0) is 6.42 Å². The van der Waals surface area contributed by atoms with E-state index in [0.29, 0.717) is 6.04 Å². The molecule has 0 radical (unpaired) electrons. The van der Waals surface area contributed by atoms with E-state index in [2.05, 4.69) is 28.6 Å². The van der Waals surface area contributed by atoms with Crippen LogP contribution < -0.4 is 10.6 Å². The third-order valence-corrected chi connectivity index (χ3v) is 2.61. The van der Waals surface area contributed by atoms with E-state index in [4.69, 9.17) is 0 Å². The third kappa shape index (κ3) is 2.23. The predicted molar refractivity (Wildman–Crippen MR) is 58.5 cm³/mol. The quantitative estimate of drug-likeness (QED) is 0.758. The fourth-order valence-electron chi connectivity index (χ4n) is 1.77. The van der Waals surface area contributed by atoms with Crippen molar-refractivity contribution in [2.24, 2.45) is 0 Å². The van der Waals surface area contributed by atoms with Crippen molar-refractivity contribution in [3.63, 3.8) is 0 Å². The molecule has 1 aliphatic heterocycles. The molecule has 14 heavy (non-hydrogen) atoms. The lowest BCUT2D eigenvalue weighted by Gasteiger charge is -2.12. The van der Waals surface area contributed by atoms with Crippen LogP contribution in [-0.4, -0.2) is 24.1 Å². The maximum Gasteiger partial charge on any atom is 0.0421 e. The Hall–Kier alpha value is -1.09. The van der Waals surface area contributed by atoms with Gasteiger partial charge in [-0.2, -0.15) is 0 Å². The molecular formula is C11H17N3. The molecule has 0 saturated carbocycles. The fraction of sp³-hybridized carbons (Fsp3) is 0.545. The van der Waals surface area contributed by atoms with Gasteiger partial charge >= 0.3 is 0 Å². The molecule has 0 bridgehead atoms. The average molecular weight is 191 g/mol. The van der Waals surface area contributed by atoms with Crippen LogP contribution in [0, 0.1) is 0 Å². The summed E-state index contributed by atoms with van der Waals surface area (Å²) in [4.78, 5) is 4.28. The Balaban J connectivity index is 2.00. The highest BCUT2D eigenvalue weighted by Gasteiger charge is 2.13. The number of aryl methyl sites for hydroxylation is 1. The molecule has 0 amide bonds. The lowest BCUT2D eigenvalue weighted by Crippen LogP contribution is -2.22. The molecule has 1 aliphatic rings. The zero-order valence-electron chi connectivity index (χ0n) is 8.59. The molecule has 1 atom stereocenters. The standard InChI is InChI=1S/C11H17N3/c1-2-9-7-10(4-6-13-9)14-11-3-5-12-8-11/h4,6-7,11-12H,2-3,5,8H2,1H3,(H,13,14). The Morgan fingerprint density at radius 1 is 1.64 bits per heavy atom. The summed E-state index contributed by atoms with van der Waals surface area (Å²) in [7, 11) is 0. The molecular weight excluding hydrogens is 174 g/mol. The first-order chi connectivity index (χ1) is 6.88. The summed E-state index contributed by atoms with van der Waals surface area (Å²) < 4.78 is 0. The highest BCUT2D eigenvalue weighted by atomic mass is 15.0. The van der Waals surface area contributed by atoms with E-state index < -0.39 is 0 Å². The molecule has 1 unspecified atom stereocenters. The molecule has 2 N–H and O–H groups in total. The van der Waals surface area contributed by atoms with Crippen LogP contribution in [0.25, 0.3) is 0 Å². The molecule has 2 heterocycles. The SMILES string of the molecule is CCc1cc(NC2CCNC2)ccn1. The molecule has 2 rings (SSSR count). The van der Waals surface area contributed by atoms with E-state index in [0.717, 1.165) is 25.2 Å². The Bertz CT molecular complexity index is 292. The molecule has 0 aliphatic carbocycles. The number of anilines is 1. The highest BCUT2D eigenvalue weighted by Crippen LogP contribution is 2.12. The molecule has 3 heteroatoms. The Morgan fingerprint density at radius 2 is 2.57 bits per heavy atom. The van der Waals surface area contributed by atoms with Gasteiger partial charge in [-0.05, 0) is 31.5 Å². The van der Waals surface area contributed by atoms with Gasteiger partial charge in [-0.1, -0.05) is 6.92 Å². The van der Waals surface area contributed by atoms with Crippen molar-refractivity contribution < 1.29 is 0 Å². The van der Waals surface area contributed by atoms with Gasteiger partial charge in [0.05, 0.1) is 0 Å². The van der Waals surface area contributed by atoms with Crippen molar-refractivity contribution in [2.45, 2.75) is 25.8 Å². The monoisotopic (exact) mass is 191 g/mol. The van der Waals surface area contributed by atoms with Crippen LogP contribution in [0.15, 0.2) is 18.3 Å². The minimum Gasteiger partial charge on any atom is -0.381 e. The van der Waals surface area contributed by atoms with Crippen molar-refractivity contribution in [3.8, 4) is 0 Å². The molecule has 0 spiro atoms. The van der Waals surface area contributed by atoms with E-state index in [1.54, 1.807) is 0 Å². The number of hydrogen-bond donors (Lipinski definition) is 2. The second kappa shape index (κ2) is 4.42. The molecule has 3 nitrogen and oxygen atoms in total. The zero-order chi connectivity index (χ0) is 9.80. The van der Waals surface area contributed by atoms with Crippen LogP contribution in [0.2, 0.25) is 0 Å². The number of nitrogens with one attached hydrogen (secondary N) is 2. The van der Waals surface area contributed by atoms with E-state index in [1.165, 1.54) is 12.1 Å². The van der Waals surface area contributed by atoms with E-state index >= 15 is 0 Å². The molecule has 1 fully saturated rings. The lowest BCUT2D eigenvalue weighted by molar-refractivity contribution is 0.792. The zero-order valence-corrected chi connectivity index (χ0v) is 8.59. The Kier molecular flexibility index (Phi) is 2.99. The lowest BCUT2D eigenvalue weighted by atomic mass is 10.2. The van der Waals surface area contributed by atoms with Gasteiger partial charge in [0.1, 0.15) is 0 Å². The highest BCUT2D eigenvalue weighted by molar-refractivity contribution is 5.44. The van der Waals surface area contributed by atoms with Gasteiger partial charge in [0.2, 0.25) is 0 Å². The summed E-state index contributed by atoms with van der Waals surface area (Å²) in [6, 6.07) is 4.76. The van der Waals surface area contributed by atoms with E-state index in [-0.39, 0.29) is 0 Å². The number of nitrogens with zero attached hydrogens (tertiary/aromatic N) is 1. The van der Waals surface area contributed by atoms with Crippen LogP contribution in [0.5, 0.6) is 0 Å². The number of rotatable bonds is 3. The normalized spacial score (nSPS) is 21.1. The molecule has 1 aromatic heterocycles.